The normalized spacial score (nSPS) is 14.7. The molecule has 0 radical (unpaired) electrons. The monoisotopic (exact) mass is 218 g/mol. The summed E-state index contributed by atoms with van der Waals surface area (Å²) in [6, 6.07) is 0. The molecule has 0 heterocycles. The van der Waals surface area contributed by atoms with Crippen molar-refractivity contribution in [2.24, 2.45) is 0 Å². The van der Waals surface area contributed by atoms with Crippen LogP contribution in [0, 0.1) is 0 Å². The molecule has 0 spiro atoms. The average molecular weight is 218 g/mol. The van der Waals surface area contributed by atoms with Crippen LogP contribution in [0.1, 0.15) is 39.5 Å². The third-order valence-corrected chi connectivity index (χ3v) is 2.15. The summed E-state index contributed by atoms with van der Waals surface area (Å²) >= 11 is 0. The standard InChI is InChI=1S/C11H22O4/c1-4-5-6-7-8-15-9-11(2,13)10(12)14-3/h13H,4-9H2,1-3H3. The molecule has 0 aliphatic rings. The van der Waals surface area contributed by atoms with Gasteiger partial charge in [-0.2, -0.15) is 0 Å². The molecular formula is C11H22O4. The maximum atomic E-state index is 11.0. The van der Waals surface area contributed by atoms with Crippen LogP contribution in [0.5, 0.6) is 0 Å². The van der Waals surface area contributed by atoms with Crippen molar-refractivity contribution in [2.75, 3.05) is 20.3 Å². The zero-order chi connectivity index (χ0) is 11.7. The van der Waals surface area contributed by atoms with Crippen LogP contribution < -0.4 is 0 Å². The van der Waals surface area contributed by atoms with E-state index in [2.05, 4.69) is 11.7 Å². The van der Waals surface area contributed by atoms with E-state index in [1.807, 2.05) is 0 Å². The summed E-state index contributed by atoms with van der Waals surface area (Å²) in [5, 5.41) is 9.59. The Morgan fingerprint density at radius 2 is 2.00 bits per heavy atom. The van der Waals surface area contributed by atoms with Gasteiger partial charge in [-0.25, -0.2) is 4.79 Å². The maximum Gasteiger partial charge on any atom is 0.339 e. The predicted molar refractivity (Wildman–Crippen MR) is 57.6 cm³/mol. The van der Waals surface area contributed by atoms with E-state index in [0.29, 0.717) is 6.61 Å². The van der Waals surface area contributed by atoms with Crippen LogP contribution in [0.3, 0.4) is 0 Å². The van der Waals surface area contributed by atoms with Crippen molar-refractivity contribution in [2.45, 2.75) is 45.1 Å². The highest BCUT2D eigenvalue weighted by Crippen LogP contribution is 2.07. The first-order chi connectivity index (χ1) is 7.04. The second-order valence-corrected chi connectivity index (χ2v) is 3.88. The second kappa shape index (κ2) is 7.65. The molecule has 0 bridgehead atoms. The van der Waals surface area contributed by atoms with Crippen LogP contribution in [-0.2, 0) is 14.3 Å². The highest BCUT2D eigenvalue weighted by atomic mass is 16.6. The molecule has 0 aromatic heterocycles. The molecule has 90 valence electrons. The minimum Gasteiger partial charge on any atom is -0.467 e. The van der Waals surface area contributed by atoms with E-state index < -0.39 is 11.6 Å². The number of carbonyl (C=O) groups excluding carboxylic acids is 1. The van der Waals surface area contributed by atoms with Crippen molar-refractivity contribution in [3.8, 4) is 0 Å². The Balaban J connectivity index is 3.53. The summed E-state index contributed by atoms with van der Waals surface area (Å²) in [6.07, 6.45) is 4.46. The number of esters is 1. The average Bonchev–Trinajstić information content (AvgIpc) is 2.22. The maximum absolute atomic E-state index is 11.0. The van der Waals surface area contributed by atoms with Crippen molar-refractivity contribution in [3.63, 3.8) is 0 Å². The van der Waals surface area contributed by atoms with Crippen LogP contribution in [0.2, 0.25) is 0 Å². The Kier molecular flexibility index (Phi) is 7.34. The first kappa shape index (κ1) is 14.4. The predicted octanol–water partition coefficient (Wildman–Crippen LogP) is 1.51. The molecular weight excluding hydrogens is 196 g/mol. The molecule has 1 unspecified atom stereocenters. The third-order valence-electron chi connectivity index (χ3n) is 2.15. The number of hydrogen-bond donors (Lipinski definition) is 1. The lowest BCUT2D eigenvalue weighted by Crippen LogP contribution is -2.41. The molecule has 4 heteroatoms. The highest BCUT2D eigenvalue weighted by molar-refractivity contribution is 5.78. The van der Waals surface area contributed by atoms with E-state index in [9.17, 15) is 9.90 Å². The number of hydrogen-bond acceptors (Lipinski definition) is 4. The molecule has 0 aromatic carbocycles. The lowest BCUT2D eigenvalue weighted by atomic mass is 10.1. The van der Waals surface area contributed by atoms with Gasteiger partial charge in [-0.15, -0.1) is 0 Å². The van der Waals surface area contributed by atoms with Gasteiger partial charge in [-0.1, -0.05) is 26.2 Å². The first-order valence-electron chi connectivity index (χ1n) is 5.43. The number of rotatable bonds is 8. The number of unbranched alkanes of at least 4 members (excludes halogenated alkanes) is 3. The molecule has 0 rings (SSSR count). The summed E-state index contributed by atoms with van der Waals surface area (Å²) in [7, 11) is 1.25. The van der Waals surface area contributed by atoms with E-state index in [1.54, 1.807) is 0 Å². The molecule has 0 fully saturated rings. The van der Waals surface area contributed by atoms with E-state index in [1.165, 1.54) is 26.9 Å². The smallest absolute Gasteiger partial charge is 0.339 e. The topological polar surface area (TPSA) is 55.8 Å². The van der Waals surface area contributed by atoms with Crippen LogP contribution in [0.25, 0.3) is 0 Å². The fourth-order valence-corrected chi connectivity index (χ4v) is 1.18. The second-order valence-electron chi connectivity index (χ2n) is 3.88. The Morgan fingerprint density at radius 1 is 1.33 bits per heavy atom. The molecule has 1 N–H and O–H groups in total. The molecule has 0 amide bonds. The zero-order valence-corrected chi connectivity index (χ0v) is 9.91. The molecule has 1 atom stereocenters. The molecule has 4 nitrogen and oxygen atoms in total. The van der Waals surface area contributed by atoms with Crippen LogP contribution in [-0.4, -0.2) is 37.0 Å². The van der Waals surface area contributed by atoms with Crippen molar-refractivity contribution in [1.82, 2.24) is 0 Å². The summed E-state index contributed by atoms with van der Waals surface area (Å²) < 4.78 is 9.66. The van der Waals surface area contributed by atoms with Crippen molar-refractivity contribution < 1.29 is 19.4 Å². The first-order valence-corrected chi connectivity index (χ1v) is 5.43. The summed E-state index contributed by atoms with van der Waals surface area (Å²) in [5.41, 5.74) is -1.53. The van der Waals surface area contributed by atoms with Crippen molar-refractivity contribution in [1.29, 1.82) is 0 Å². The van der Waals surface area contributed by atoms with Gasteiger partial charge in [0.05, 0.1) is 13.7 Å². The van der Waals surface area contributed by atoms with Gasteiger partial charge in [0.1, 0.15) is 0 Å². The van der Waals surface area contributed by atoms with Crippen LogP contribution in [0.4, 0.5) is 0 Å². The molecule has 15 heavy (non-hydrogen) atoms. The number of aliphatic hydroxyl groups is 1. The van der Waals surface area contributed by atoms with Crippen molar-refractivity contribution >= 4 is 5.97 Å². The minimum atomic E-state index is -1.53. The SMILES string of the molecule is CCCCCCOCC(C)(O)C(=O)OC. The van der Waals surface area contributed by atoms with Crippen LogP contribution in [0.15, 0.2) is 0 Å². The molecule has 0 saturated carbocycles. The van der Waals surface area contributed by atoms with Gasteiger partial charge in [-0.05, 0) is 13.3 Å². The quantitative estimate of drug-likeness (QED) is 0.495. The van der Waals surface area contributed by atoms with E-state index in [-0.39, 0.29) is 6.61 Å². The highest BCUT2D eigenvalue weighted by Gasteiger charge is 2.31. The number of carbonyl (C=O) groups is 1. The van der Waals surface area contributed by atoms with E-state index >= 15 is 0 Å². The zero-order valence-electron chi connectivity index (χ0n) is 9.91. The van der Waals surface area contributed by atoms with E-state index in [0.717, 1.165) is 12.8 Å². The molecule has 0 aliphatic heterocycles. The Bertz CT molecular complexity index is 177. The summed E-state index contributed by atoms with van der Waals surface area (Å²) in [5.74, 6) is -0.656. The van der Waals surface area contributed by atoms with Gasteiger partial charge in [-0.3, -0.25) is 0 Å². The fourth-order valence-electron chi connectivity index (χ4n) is 1.18. The Hall–Kier alpha value is -0.610. The Labute approximate surface area is 91.6 Å². The fraction of sp³-hybridized carbons (Fsp3) is 0.909. The van der Waals surface area contributed by atoms with Gasteiger partial charge in [0.25, 0.3) is 0 Å². The summed E-state index contributed by atoms with van der Waals surface area (Å²) in [4.78, 5) is 11.0. The number of methoxy groups -OCH3 is 1. The molecule has 0 saturated heterocycles. The lowest BCUT2D eigenvalue weighted by Gasteiger charge is -2.19. The largest absolute Gasteiger partial charge is 0.467 e. The molecule has 0 aliphatic carbocycles. The van der Waals surface area contributed by atoms with Gasteiger partial charge in [0, 0.05) is 6.61 Å². The Morgan fingerprint density at radius 3 is 2.53 bits per heavy atom. The van der Waals surface area contributed by atoms with Gasteiger partial charge < -0.3 is 14.6 Å². The molecule has 0 aromatic rings. The minimum absolute atomic E-state index is 0.00814. The number of ether oxygens (including phenoxy) is 2. The van der Waals surface area contributed by atoms with E-state index in [4.69, 9.17) is 4.74 Å². The van der Waals surface area contributed by atoms with Gasteiger partial charge in [0.15, 0.2) is 5.60 Å². The van der Waals surface area contributed by atoms with Crippen molar-refractivity contribution in [3.05, 3.63) is 0 Å². The lowest BCUT2D eigenvalue weighted by molar-refractivity contribution is -0.166. The van der Waals surface area contributed by atoms with Crippen LogP contribution >= 0.6 is 0 Å². The summed E-state index contributed by atoms with van der Waals surface area (Å²) in [6.45, 7) is 4.10. The van der Waals surface area contributed by atoms with Gasteiger partial charge >= 0.3 is 5.97 Å². The third kappa shape index (κ3) is 6.47. The van der Waals surface area contributed by atoms with Gasteiger partial charge in [0.2, 0.25) is 0 Å².